The molecule has 0 saturated carbocycles. The number of ether oxygens (including phenoxy) is 4. The summed E-state index contributed by atoms with van der Waals surface area (Å²) in [6.07, 6.45) is -0.842. The topological polar surface area (TPSA) is 125 Å². The van der Waals surface area contributed by atoms with Gasteiger partial charge in [-0.1, -0.05) is 0 Å². The van der Waals surface area contributed by atoms with Crippen molar-refractivity contribution < 1.29 is 32.5 Å². The average molecular weight is 692 g/mol. The van der Waals surface area contributed by atoms with Crippen LogP contribution in [0.4, 0.5) is 30.9 Å². The lowest BCUT2D eigenvalue weighted by Crippen LogP contribution is -2.56. The number of nitriles is 1. The Kier molecular flexibility index (Phi) is 10.3. The van der Waals surface area contributed by atoms with Crippen molar-refractivity contribution >= 4 is 23.4 Å². The Bertz CT molecular complexity index is 1720. The number of aromatic nitrogens is 2. The molecular formula is C36H43F2N7O5. The first-order chi connectivity index (χ1) is 23.9. The first-order valence-electron chi connectivity index (χ1n) is 16.9. The zero-order valence-electron chi connectivity index (χ0n) is 28.8. The van der Waals surface area contributed by atoms with Gasteiger partial charge in [-0.05, 0) is 64.1 Å². The van der Waals surface area contributed by atoms with Crippen molar-refractivity contribution in [3.8, 4) is 28.8 Å². The molecule has 3 aliphatic heterocycles. The number of amides is 1. The van der Waals surface area contributed by atoms with Crippen molar-refractivity contribution in [2.75, 3.05) is 69.3 Å². The highest BCUT2D eigenvalue weighted by molar-refractivity contribution is 5.70. The van der Waals surface area contributed by atoms with E-state index in [1.54, 1.807) is 45.2 Å². The van der Waals surface area contributed by atoms with Crippen LogP contribution >= 0.6 is 0 Å². The van der Waals surface area contributed by atoms with Gasteiger partial charge < -0.3 is 34.1 Å². The smallest absolute Gasteiger partial charge is 0.410 e. The van der Waals surface area contributed by atoms with E-state index in [1.165, 1.54) is 6.07 Å². The lowest BCUT2D eigenvalue weighted by atomic mass is 10.0. The molecule has 0 spiro atoms. The number of piperazine rings is 1. The second kappa shape index (κ2) is 14.6. The summed E-state index contributed by atoms with van der Waals surface area (Å²) in [5.74, 6) is -2.22. The van der Waals surface area contributed by atoms with Gasteiger partial charge in [-0.25, -0.2) is 23.5 Å². The summed E-state index contributed by atoms with van der Waals surface area (Å²) >= 11 is 0. The monoisotopic (exact) mass is 691 g/mol. The van der Waals surface area contributed by atoms with Gasteiger partial charge in [-0.3, -0.25) is 4.90 Å². The minimum absolute atomic E-state index is 0.0288. The van der Waals surface area contributed by atoms with Gasteiger partial charge in [0.25, 0.3) is 0 Å². The number of halogens is 2. The van der Waals surface area contributed by atoms with E-state index >= 15 is 8.78 Å². The van der Waals surface area contributed by atoms with Crippen LogP contribution in [0.3, 0.4) is 0 Å². The predicted octanol–water partition coefficient (Wildman–Crippen LogP) is 5.70. The molecule has 0 bridgehead atoms. The third-order valence-electron chi connectivity index (χ3n) is 8.81. The number of likely N-dealkylation sites (tertiary alicyclic amines) is 1. The zero-order chi connectivity index (χ0) is 35.5. The van der Waals surface area contributed by atoms with Crippen LogP contribution in [0.1, 0.15) is 39.7 Å². The highest BCUT2D eigenvalue weighted by Gasteiger charge is 2.48. The van der Waals surface area contributed by atoms with Crippen molar-refractivity contribution in [2.24, 2.45) is 0 Å². The number of carbonyl (C=O) groups is 1. The fraction of sp³-hybridized carbons (Fsp3) is 0.500. The summed E-state index contributed by atoms with van der Waals surface area (Å²) < 4.78 is 52.6. The first-order valence-corrected chi connectivity index (χ1v) is 16.9. The molecule has 1 unspecified atom stereocenters. The number of piperidine rings is 1. The number of anilines is 3. The van der Waals surface area contributed by atoms with Crippen molar-refractivity contribution in [3.05, 3.63) is 54.2 Å². The van der Waals surface area contributed by atoms with Crippen LogP contribution in [0.25, 0.3) is 11.3 Å². The van der Waals surface area contributed by atoms with Crippen LogP contribution in [0.5, 0.6) is 11.5 Å². The van der Waals surface area contributed by atoms with E-state index in [9.17, 15) is 10.1 Å². The van der Waals surface area contributed by atoms with Crippen molar-refractivity contribution in [1.29, 1.82) is 5.26 Å². The lowest BCUT2D eigenvalue weighted by Gasteiger charge is -2.43. The molecule has 3 saturated heterocycles. The Morgan fingerprint density at radius 3 is 2.52 bits per heavy atom. The van der Waals surface area contributed by atoms with E-state index in [1.807, 2.05) is 25.1 Å². The minimum Gasteiger partial charge on any atom is -0.492 e. The fourth-order valence-corrected chi connectivity index (χ4v) is 6.17. The maximum atomic E-state index is 15.1. The third kappa shape index (κ3) is 8.17. The van der Waals surface area contributed by atoms with E-state index in [-0.39, 0.29) is 24.3 Å². The predicted molar refractivity (Wildman–Crippen MR) is 183 cm³/mol. The average Bonchev–Trinajstić information content (AvgIpc) is 3.05. The molecule has 6 rings (SSSR count). The molecule has 12 nitrogen and oxygen atoms in total. The molecule has 1 amide bonds. The van der Waals surface area contributed by atoms with Crippen molar-refractivity contribution in [3.63, 3.8) is 0 Å². The molecule has 50 heavy (non-hydrogen) atoms. The van der Waals surface area contributed by atoms with Crippen LogP contribution < -0.4 is 19.7 Å². The third-order valence-corrected chi connectivity index (χ3v) is 8.81. The van der Waals surface area contributed by atoms with Crippen LogP contribution in [0.15, 0.2) is 48.7 Å². The van der Waals surface area contributed by atoms with E-state index in [0.717, 1.165) is 61.4 Å². The van der Waals surface area contributed by atoms with Gasteiger partial charge in [0.15, 0.2) is 6.10 Å². The Balaban J connectivity index is 1.12. The number of rotatable bonds is 9. The summed E-state index contributed by atoms with van der Waals surface area (Å²) in [6, 6.07) is 14.9. The quantitative estimate of drug-likeness (QED) is 0.297. The Morgan fingerprint density at radius 1 is 1.08 bits per heavy atom. The maximum absolute atomic E-state index is 15.1. The number of hydrogen-bond acceptors (Lipinski definition) is 11. The molecule has 0 radical (unpaired) electrons. The minimum atomic E-state index is -3.35. The van der Waals surface area contributed by atoms with Gasteiger partial charge in [-0.2, -0.15) is 5.26 Å². The highest BCUT2D eigenvalue weighted by atomic mass is 19.3. The summed E-state index contributed by atoms with van der Waals surface area (Å²) in [6.45, 7) is 12.1. The Labute approximate surface area is 290 Å². The molecule has 1 aromatic heterocycles. The van der Waals surface area contributed by atoms with Gasteiger partial charge in [0.2, 0.25) is 5.95 Å². The summed E-state index contributed by atoms with van der Waals surface area (Å²) in [5.41, 5.74) is 2.18. The number of nitrogens with zero attached hydrogens (tertiary/aromatic N) is 6. The number of alkyl halides is 2. The van der Waals surface area contributed by atoms with E-state index in [0.29, 0.717) is 29.9 Å². The van der Waals surface area contributed by atoms with E-state index < -0.39 is 30.3 Å². The molecule has 3 fully saturated rings. The van der Waals surface area contributed by atoms with Gasteiger partial charge in [0, 0.05) is 62.7 Å². The summed E-state index contributed by atoms with van der Waals surface area (Å²) in [7, 11) is 0. The number of carbonyl (C=O) groups excluding carboxylic acids is 1. The molecule has 1 atom stereocenters. The van der Waals surface area contributed by atoms with Gasteiger partial charge in [0.1, 0.15) is 23.2 Å². The number of nitrogens with one attached hydrogen (secondary N) is 1. The molecule has 266 valence electrons. The van der Waals surface area contributed by atoms with Crippen molar-refractivity contribution in [2.45, 2.75) is 57.8 Å². The molecule has 3 aliphatic rings. The molecule has 4 heterocycles. The van der Waals surface area contributed by atoms with Crippen LogP contribution in [0, 0.1) is 11.3 Å². The van der Waals surface area contributed by atoms with E-state index in [4.69, 9.17) is 18.9 Å². The van der Waals surface area contributed by atoms with Crippen LogP contribution in [-0.4, -0.2) is 109 Å². The molecule has 14 heteroatoms. The van der Waals surface area contributed by atoms with Gasteiger partial charge >= 0.3 is 12.0 Å². The Morgan fingerprint density at radius 2 is 1.86 bits per heavy atom. The first kappa shape index (κ1) is 35.1. The zero-order valence-corrected chi connectivity index (χ0v) is 28.8. The molecular weight excluding hydrogens is 648 g/mol. The normalized spacial score (nSPS) is 19.7. The number of benzene rings is 2. The highest BCUT2D eigenvalue weighted by Crippen LogP contribution is 2.36. The number of hydrogen-bond donors (Lipinski definition) is 1. The second-order valence-corrected chi connectivity index (χ2v) is 13.6. The van der Waals surface area contributed by atoms with Crippen LogP contribution in [-0.2, 0) is 9.47 Å². The standard InChI is InChI=1S/C36H43F2N7O5/c1-5-48-31-19-26(7-8-29(31)44-16-14-43(15-17-44)27-21-47-22-27)41-33-40-12-10-28(42-33)24-6-9-30(25(18-24)20-39)49-32-11-13-45(23-36(32,37)38)34(46)50-35(2,3)4/h6-10,12,18-19,27,32H,5,11,13-17,21-23H2,1-4H3,(H,40,41,42). The molecule has 1 N–H and O–H groups in total. The maximum Gasteiger partial charge on any atom is 0.410 e. The SMILES string of the molecule is CCOc1cc(Nc2nccc(-c3ccc(OC4CCN(C(=O)OC(C)(C)C)CC4(F)F)c(C#N)c3)n2)ccc1N1CCN(C2COC2)CC1. The second-order valence-electron chi connectivity index (χ2n) is 13.6. The van der Waals surface area contributed by atoms with Crippen LogP contribution in [0.2, 0.25) is 0 Å². The molecule has 3 aromatic rings. The lowest BCUT2D eigenvalue weighted by molar-refractivity contribution is -0.137. The van der Waals surface area contributed by atoms with Gasteiger partial charge in [-0.15, -0.1) is 0 Å². The fourth-order valence-electron chi connectivity index (χ4n) is 6.17. The molecule has 0 aliphatic carbocycles. The van der Waals surface area contributed by atoms with Gasteiger partial charge in [0.05, 0.1) is 49.4 Å². The Hall–Kier alpha value is -4.74. The summed E-state index contributed by atoms with van der Waals surface area (Å²) in [5, 5.41) is 13.2. The largest absolute Gasteiger partial charge is 0.492 e. The molecule has 2 aromatic carbocycles. The summed E-state index contributed by atoms with van der Waals surface area (Å²) in [4.78, 5) is 27.2. The van der Waals surface area contributed by atoms with E-state index in [2.05, 4.69) is 31.2 Å². The van der Waals surface area contributed by atoms with Crippen molar-refractivity contribution in [1.82, 2.24) is 19.8 Å².